The van der Waals surface area contributed by atoms with E-state index in [-0.39, 0.29) is 5.92 Å². The first-order valence-electron chi connectivity index (χ1n) is 10.0. The Bertz CT molecular complexity index is 1130. The molecule has 5 rings (SSSR count). The second-order valence-corrected chi connectivity index (χ2v) is 7.67. The van der Waals surface area contributed by atoms with Gasteiger partial charge in [-0.2, -0.15) is 0 Å². The Morgan fingerprint density at radius 3 is 2.00 bits per heavy atom. The van der Waals surface area contributed by atoms with Crippen molar-refractivity contribution >= 4 is 11.4 Å². The van der Waals surface area contributed by atoms with Crippen molar-refractivity contribution in [1.82, 2.24) is 0 Å². The van der Waals surface area contributed by atoms with Crippen molar-refractivity contribution in [3.63, 3.8) is 0 Å². The lowest BCUT2D eigenvalue weighted by atomic mass is 9.78. The molecular formula is C27H23NO. The van der Waals surface area contributed by atoms with Gasteiger partial charge in [0, 0.05) is 29.8 Å². The fraction of sp³-hybridized carbons (Fsp3) is 0.111. The van der Waals surface area contributed by atoms with Gasteiger partial charge >= 0.3 is 0 Å². The van der Waals surface area contributed by atoms with Crippen LogP contribution in [0.15, 0.2) is 91.0 Å². The van der Waals surface area contributed by atoms with Crippen LogP contribution in [0.2, 0.25) is 0 Å². The van der Waals surface area contributed by atoms with Crippen LogP contribution in [0.25, 0.3) is 0 Å². The maximum atomic E-state index is 10.8. The van der Waals surface area contributed by atoms with Crippen LogP contribution in [0.5, 0.6) is 5.75 Å². The van der Waals surface area contributed by atoms with Crippen LogP contribution >= 0.6 is 0 Å². The number of rotatable bonds is 3. The normalized spacial score (nSPS) is 12.2. The molecule has 1 aliphatic rings. The predicted molar refractivity (Wildman–Crippen MR) is 119 cm³/mol. The lowest BCUT2D eigenvalue weighted by molar-refractivity contribution is 0.470. The molecular weight excluding hydrogens is 354 g/mol. The van der Waals surface area contributed by atoms with E-state index in [1.807, 2.05) is 31.2 Å². The summed E-state index contributed by atoms with van der Waals surface area (Å²) >= 11 is 0. The SMILES string of the molecule is Cc1c(O)cc2c(c1C(c1ccccc1)c1ccccc1)Cc1ccccc1N2. The zero-order chi connectivity index (χ0) is 19.8. The summed E-state index contributed by atoms with van der Waals surface area (Å²) in [6.07, 6.45) is 0.852. The summed E-state index contributed by atoms with van der Waals surface area (Å²) in [4.78, 5) is 0. The first-order chi connectivity index (χ1) is 14.2. The third-order valence-corrected chi connectivity index (χ3v) is 5.93. The highest BCUT2D eigenvalue weighted by molar-refractivity contribution is 5.76. The molecule has 142 valence electrons. The van der Waals surface area contributed by atoms with Gasteiger partial charge in [0.2, 0.25) is 0 Å². The molecule has 0 aliphatic carbocycles. The molecule has 0 spiro atoms. The highest BCUT2D eigenvalue weighted by Crippen LogP contribution is 2.45. The van der Waals surface area contributed by atoms with Crippen molar-refractivity contribution in [2.45, 2.75) is 19.3 Å². The van der Waals surface area contributed by atoms with Gasteiger partial charge in [-0.3, -0.25) is 0 Å². The smallest absolute Gasteiger partial charge is 0.120 e. The summed E-state index contributed by atoms with van der Waals surface area (Å²) in [5.41, 5.74) is 9.26. The minimum absolute atomic E-state index is 0.0605. The zero-order valence-electron chi connectivity index (χ0n) is 16.4. The number of phenolic OH excluding ortho intramolecular Hbond substituents is 1. The fourth-order valence-corrected chi connectivity index (χ4v) is 4.48. The van der Waals surface area contributed by atoms with Crippen LogP contribution in [-0.2, 0) is 6.42 Å². The molecule has 4 aromatic carbocycles. The summed E-state index contributed by atoms with van der Waals surface area (Å²) < 4.78 is 0. The second-order valence-electron chi connectivity index (χ2n) is 7.67. The molecule has 2 heteroatoms. The van der Waals surface area contributed by atoms with E-state index in [1.54, 1.807) is 0 Å². The number of aromatic hydroxyl groups is 1. The molecule has 0 saturated carbocycles. The van der Waals surface area contributed by atoms with Crippen LogP contribution in [0.1, 0.15) is 39.3 Å². The van der Waals surface area contributed by atoms with E-state index in [0.29, 0.717) is 5.75 Å². The molecule has 0 aromatic heterocycles. The van der Waals surface area contributed by atoms with Crippen molar-refractivity contribution in [3.05, 3.63) is 124 Å². The molecule has 1 aliphatic heterocycles. The van der Waals surface area contributed by atoms with Crippen molar-refractivity contribution in [2.24, 2.45) is 0 Å². The molecule has 0 amide bonds. The Labute approximate surface area is 171 Å². The summed E-state index contributed by atoms with van der Waals surface area (Å²) in [5, 5.41) is 14.4. The number of nitrogens with one attached hydrogen (secondary N) is 1. The number of para-hydroxylation sites is 1. The van der Waals surface area contributed by atoms with Gasteiger partial charge in [-0.05, 0) is 46.4 Å². The Kier molecular flexibility index (Phi) is 4.33. The largest absolute Gasteiger partial charge is 0.508 e. The third-order valence-electron chi connectivity index (χ3n) is 5.93. The number of anilines is 2. The van der Waals surface area contributed by atoms with E-state index >= 15 is 0 Å². The first kappa shape index (κ1) is 17.6. The molecule has 0 unspecified atom stereocenters. The maximum Gasteiger partial charge on any atom is 0.120 e. The molecule has 1 heterocycles. The van der Waals surface area contributed by atoms with Crippen molar-refractivity contribution < 1.29 is 5.11 Å². The van der Waals surface area contributed by atoms with E-state index in [4.69, 9.17) is 0 Å². The van der Waals surface area contributed by atoms with E-state index in [9.17, 15) is 5.11 Å². The third kappa shape index (κ3) is 3.07. The van der Waals surface area contributed by atoms with E-state index < -0.39 is 0 Å². The van der Waals surface area contributed by atoms with Crippen molar-refractivity contribution in [1.29, 1.82) is 0 Å². The minimum Gasteiger partial charge on any atom is -0.508 e. The van der Waals surface area contributed by atoms with Gasteiger partial charge in [-0.15, -0.1) is 0 Å². The van der Waals surface area contributed by atoms with Crippen LogP contribution < -0.4 is 5.32 Å². The van der Waals surface area contributed by atoms with Crippen molar-refractivity contribution in [2.75, 3.05) is 5.32 Å². The van der Waals surface area contributed by atoms with Gasteiger partial charge < -0.3 is 10.4 Å². The summed E-state index contributed by atoms with van der Waals surface area (Å²) in [6, 6.07) is 31.4. The number of benzene rings is 4. The van der Waals surface area contributed by atoms with Gasteiger partial charge in [0.15, 0.2) is 0 Å². The van der Waals surface area contributed by atoms with Crippen LogP contribution in [0.3, 0.4) is 0 Å². The lowest BCUT2D eigenvalue weighted by Crippen LogP contribution is -2.15. The summed E-state index contributed by atoms with van der Waals surface area (Å²) in [7, 11) is 0. The van der Waals surface area contributed by atoms with E-state index in [2.05, 4.69) is 72.0 Å². The molecule has 0 fully saturated rings. The predicted octanol–water partition coefficient (Wildman–Crippen LogP) is 6.53. The minimum atomic E-state index is 0.0605. The quantitative estimate of drug-likeness (QED) is 0.350. The Morgan fingerprint density at radius 1 is 0.759 bits per heavy atom. The van der Waals surface area contributed by atoms with Crippen molar-refractivity contribution in [3.8, 4) is 5.75 Å². The molecule has 0 saturated heterocycles. The van der Waals surface area contributed by atoms with Crippen LogP contribution in [-0.4, -0.2) is 5.11 Å². The Balaban J connectivity index is 1.77. The van der Waals surface area contributed by atoms with Gasteiger partial charge in [0.25, 0.3) is 0 Å². The van der Waals surface area contributed by atoms with Gasteiger partial charge in [0.05, 0.1) is 0 Å². The monoisotopic (exact) mass is 377 g/mol. The molecule has 29 heavy (non-hydrogen) atoms. The second kappa shape index (κ2) is 7.14. The number of fused-ring (bicyclic) bond motifs is 2. The number of hydrogen-bond donors (Lipinski definition) is 2. The standard InChI is InChI=1S/C27H23NO/c1-18-25(29)17-24-22(16-21-14-8-9-15-23(21)28-24)26(18)27(19-10-4-2-5-11-19)20-12-6-3-7-13-20/h2-15,17,27-29H,16H2,1H3. The molecule has 0 radical (unpaired) electrons. The molecule has 2 N–H and O–H groups in total. The topological polar surface area (TPSA) is 32.3 Å². The maximum absolute atomic E-state index is 10.8. The number of hydrogen-bond acceptors (Lipinski definition) is 2. The molecule has 2 nitrogen and oxygen atoms in total. The van der Waals surface area contributed by atoms with Gasteiger partial charge in [-0.25, -0.2) is 0 Å². The summed E-state index contributed by atoms with van der Waals surface area (Å²) in [5.74, 6) is 0.396. The highest BCUT2D eigenvalue weighted by atomic mass is 16.3. The van der Waals surface area contributed by atoms with Gasteiger partial charge in [0.1, 0.15) is 5.75 Å². The molecule has 4 aromatic rings. The Morgan fingerprint density at radius 2 is 1.34 bits per heavy atom. The average Bonchev–Trinajstić information content (AvgIpc) is 2.77. The molecule has 0 bridgehead atoms. The highest BCUT2D eigenvalue weighted by Gasteiger charge is 2.28. The fourth-order valence-electron chi connectivity index (χ4n) is 4.48. The van der Waals surface area contributed by atoms with Crippen LogP contribution in [0, 0.1) is 6.92 Å². The lowest BCUT2D eigenvalue weighted by Gasteiger charge is -2.30. The zero-order valence-corrected chi connectivity index (χ0v) is 16.4. The first-order valence-corrected chi connectivity index (χ1v) is 10.0. The average molecular weight is 377 g/mol. The van der Waals surface area contributed by atoms with Crippen LogP contribution in [0.4, 0.5) is 11.4 Å². The van der Waals surface area contributed by atoms with E-state index in [1.165, 1.54) is 27.8 Å². The summed E-state index contributed by atoms with van der Waals surface area (Å²) in [6.45, 7) is 2.03. The molecule has 0 atom stereocenters. The Hall–Kier alpha value is -3.52. The van der Waals surface area contributed by atoms with E-state index in [0.717, 1.165) is 23.4 Å². The number of phenols is 1. The van der Waals surface area contributed by atoms with Gasteiger partial charge in [-0.1, -0.05) is 78.9 Å².